The van der Waals surface area contributed by atoms with E-state index in [0.717, 1.165) is 4.90 Å². The highest BCUT2D eigenvalue weighted by atomic mass is 32.1. The highest BCUT2D eigenvalue weighted by molar-refractivity contribution is 7.80. The van der Waals surface area contributed by atoms with Crippen molar-refractivity contribution in [1.29, 1.82) is 0 Å². The minimum Gasteiger partial charge on any atom is -0.351 e. The average Bonchev–Trinajstić information content (AvgIpc) is 1.93. The van der Waals surface area contributed by atoms with Crippen LogP contribution in [0.3, 0.4) is 0 Å². The standard InChI is InChI=1S/C7H8N2OS/c8-7(10)9-5-1-3-6(11)4-2-5/h1-4,11H,(H3,8,9,10). The molecular formula is C7H8N2OS. The number of carbonyl (C=O) groups excluding carboxylic acids is 1. The molecule has 1 aromatic rings. The summed E-state index contributed by atoms with van der Waals surface area (Å²) < 4.78 is 0. The molecule has 0 aliphatic carbocycles. The molecule has 0 saturated carbocycles. The van der Waals surface area contributed by atoms with Crippen molar-refractivity contribution in [3.63, 3.8) is 0 Å². The lowest BCUT2D eigenvalue weighted by molar-refractivity contribution is 0.259. The fourth-order valence-corrected chi connectivity index (χ4v) is 0.836. The van der Waals surface area contributed by atoms with E-state index in [1.54, 1.807) is 24.3 Å². The summed E-state index contributed by atoms with van der Waals surface area (Å²) in [6.07, 6.45) is 0. The molecule has 0 heterocycles. The lowest BCUT2D eigenvalue weighted by atomic mass is 10.3. The van der Waals surface area contributed by atoms with Gasteiger partial charge in [0.2, 0.25) is 0 Å². The number of hydrogen-bond acceptors (Lipinski definition) is 2. The number of nitrogens with two attached hydrogens (primary N) is 1. The SMILES string of the molecule is NC(=O)Nc1ccc(S)cc1. The monoisotopic (exact) mass is 168 g/mol. The summed E-state index contributed by atoms with van der Waals surface area (Å²) in [7, 11) is 0. The Bertz CT molecular complexity index is 258. The minimum atomic E-state index is -0.558. The van der Waals surface area contributed by atoms with Crippen molar-refractivity contribution in [3.8, 4) is 0 Å². The van der Waals surface area contributed by atoms with Gasteiger partial charge in [-0.1, -0.05) is 0 Å². The smallest absolute Gasteiger partial charge is 0.316 e. The Labute approximate surface area is 70.0 Å². The molecule has 58 valence electrons. The first-order chi connectivity index (χ1) is 5.18. The van der Waals surface area contributed by atoms with Gasteiger partial charge < -0.3 is 11.1 Å². The molecule has 1 aromatic carbocycles. The van der Waals surface area contributed by atoms with E-state index in [9.17, 15) is 4.79 Å². The van der Waals surface area contributed by atoms with Crippen molar-refractivity contribution in [2.45, 2.75) is 4.90 Å². The van der Waals surface area contributed by atoms with E-state index in [1.165, 1.54) is 0 Å². The van der Waals surface area contributed by atoms with Gasteiger partial charge in [-0.3, -0.25) is 0 Å². The lowest BCUT2D eigenvalue weighted by Gasteiger charge is -1.99. The van der Waals surface area contributed by atoms with E-state index in [2.05, 4.69) is 17.9 Å². The van der Waals surface area contributed by atoms with Crippen molar-refractivity contribution in [3.05, 3.63) is 24.3 Å². The van der Waals surface area contributed by atoms with E-state index in [-0.39, 0.29) is 0 Å². The van der Waals surface area contributed by atoms with Crippen LogP contribution in [-0.2, 0) is 0 Å². The largest absolute Gasteiger partial charge is 0.351 e. The van der Waals surface area contributed by atoms with Crippen molar-refractivity contribution in [2.24, 2.45) is 5.73 Å². The normalized spacial score (nSPS) is 9.18. The fraction of sp³-hybridized carbons (Fsp3) is 0. The quantitative estimate of drug-likeness (QED) is 0.546. The molecule has 3 nitrogen and oxygen atoms in total. The van der Waals surface area contributed by atoms with Gasteiger partial charge in [0.05, 0.1) is 0 Å². The number of rotatable bonds is 1. The number of hydrogen-bond donors (Lipinski definition) is 3. The lowest BCUT2D eigenvalue weighted by Crippen LogP contribution is -2.19. The maximum Gasteiger partial charge on any atom is 0.316 e. The third kappa shape index (κ3) is 2.51. The first-order valence-corrected chi connectivity index (χ1v) is 3.48. The average molecular weight is 168 g/mol. The van der Waals surface area contributed by atoms with Crippen LogP contribution in [-0.4, -0.2) is 6.03 Å². The Morgan fingerprint density at radius 2 is 1.91 bits per heavy atom. The highest BCUT2D eigenvalue weighted by Crippen LogP contribution is 2.11. The highest BCUT2D eigenvalue weighted by Gasteiger charge is 1.93. The minimum absolute atomic E-state index is 0.558. The molecular weight excluding hydrogens is 160 g/mol. The van der Waals surface area contributed by atoms with Crippen LogP contribution in [0.4, 0.5) is 10.5 Å². The second kappa shape index (κ2) is 3.30. The molecule has 0 atom stereocenters. The molecule has 0 fully saturated rings. The van der Waals surface area contributed by atoms with Crippen LogP contribution in [0.1, 0.15) is 0 Å². The number of benzene rings is 1. The Kier molecular flexibility index (Phi) is 2.38. The predicted molar refractivity (Wildman–Crippen MR) is 46.9 cm³/mol. The molecule has 0 aliphatic heterocycles. The first kappa shape index (κ1) is 7.94. The topological polar surface area (TPSA) is 55.1 Å². The van der Waals surface area contributed by atoms with E-state index in [1.807, 2.05) is 0 Å². The molecule has 0 radical (unpaired) electrons. The number of amides is 2. The van der Waals surface area contributed by atoms with Crippen molar-refractivity contribution in [1.82, 2.24) is 0 Å². The molecule has 2 amide bonds. The molecule has 1 rings (SSSR count). The van der Waals surface area contributed by atoms with E-state index < -0.39 is 6.03 Å². The summed E-state index contributed by atoms with van der Waals surface area (Å²) in [5.74, 6) is 0. The van der Waals surface area contributed by atoms with Gasteiger partial charge >= 0.3 is 6.03 Å². The predicted octanol–water partition coefficient (Wildman–Crippen LogP) is 1.47. The molecule has 0 spiro atoms. The number of anilines is 1. The van der Waals surface area contributed by atoms with Gasteiger partial charge in [-0.15, -0.1) is 12.6 Å². The Morgan fingerprint density at radius 3 is 2.36 bits per heavy atom. The van der Waals surface area contributed by atoms with Crippen molar-refractivity contribution in [2.75, 3.05) is 5.32 Å². The molecule has 0 unspecified atom stereocenters. The maximum absolute atomic E-state index is 10.3. The van der Waals surface area contributed by atoms with E-state index in [0.29, 0.717) is 5.69 Å². The van der Waals surface area contributed by atoms with Crippen LogP contribution in [0, 0.1) is 0 Å². The van der Waals surface area contributed by atoms with Gasteiger partial charge in [0.15, 0.2) is 0 Å². The zero-order chi connectivity index (χ0) is 8.27. The van der Waals surface area contributed by atoms with Crippen LogP contribution in [0.25, 0.3) is 0 Å². The molecule has 3 N–H and O–H groups in total. The van der Waals surface area contributed by atoms with Crippen LogP contribution < -0.4 is 11.1 Å². The first-order valence-electron chi connectivity index (χ1n) is 3.04. The van der Waals surface area contributed by atoms with E-state index >= 15 is 0 Å². The van der Waals surface area contributed by atoms with Crippen LogP contribution in [0.2, 0.25) is 0 Å². The van der Waals surface area contributed by atoms with Gasteiger partial charge in [0.1, 0.15) is 0 Å². The second-order valence-electron chi connectivity index (χ2n) is 2.04. The third-order valence-corrected chi connectivity index (χ3v) is 1.43. The number of nitrogens with one attached hydrogen (secondary N) is 1. The Morgan fingerprint density at radius 1 is 1.36 bits per heavy atom. The van der Waals surface area contributed by atoms with Crippen LogP contribution >= 0.6 is 12.6 Å². The fourth-order valence-electron chi connectivity index (χ4n) is 0.687. The zero-order valence-electron chi connectivity index (χ0n) is 5.74. The summed E-state index contributed by atoms with van der Waals surface area (Å²) in [6.45, 7) is 0. The van der Waals surface area contributed by atoms with Gasteiger partial charge in [0.25, 0.3) is 0 Å². The van der Waals surface area contributed by atoms with Gasteiger partial charge in [-0.2, -0.15) is 0 Å². The summed E-state index contributed by atoms with van der Waals surface area (Å²) >= 11 is 4.08. The van der Waals surface area contributed by atoms with Gasteiger partial charge in [0, 0.05) is 10.6 Å². The summed E-state index contributed by atoms with van der Waals surface area (Å²) in [5, 5.41) is 2.44. The molecule has 4 heteroatoms. The molecule has 0 aromatic heterocycles. The van der Waals surface area contributed by atoms with Gasteiger partial charge in [-0.25, -0.2) is 4.79 Å². The third-order valence-electron chi connectivity index (χ3n) is 1.13. The second-order valence-corrected chi connectivity index (χ2v) is 2.55. The maximum atomic E-state index is 10.3. The van der Waals surface area contributed by atoms with Gasteiger partial charge in [-0.05, 0) is 24.3 Å². The molecule has 0 aliphatic rings. The number of thiol groups is 1. The van der Waals surface area contributed by atoms with E-state index in [4.69, 9.17) is 5.73 Å². The summed E-state index contributed by atoms with van der Waals surface area (Å²) in [6, 6.07) is 6.44. The van der Waals surface area contributed by atoms with Crippen LogP contribution in [0.15, 0.2) is 29.2 Å². The van der Waals surface area contributed by atoms with Crippen molar-refractivity contribution >= 4 is 24.3 Å². The number of urea groups is 1. The summed E-state index contributed by atoms with van der Waals surface area (Å²) in [5.41, 5.74) is 5.57. The molecule has 11 heavy (non-hydrogen) atoms. The molecule has 0 saturated heterocycles. The number of primary amides is 1. The Hall–Kier alpha value is -1.16. The van der Waals surface area contributed by atoms with Crippen molar-refractivity contribution < 1.29 is 4.79 Å². The number of carbonyl (C=O) groups is 1. The van der Waals surface area contributed by atoms with Crippen LogP contribution in [0.5, 0.6) is 0 Å². The Balaban J connectivity index is 2.74. The molecule has 0 bridgehead atoms. The zero-order valence-corrected chi connectivity index (χ0v) is 6.64. The summed E-state index contributed by atoms with van der Waals surface area (Å²) in [4.78, 5) is 11.2.